The fraction of sp³-hybridized carbons (Fsp3) is 0.417. The highest BCUT2D eigenvalue weighted by molar-refractivity contribution is 5.85. The molecule has 4 aromatic carbocycles. The smallest absolute Gasteiger partial charge is 0.275 e. The summed E-state index contributed by atoms with van der Waals surface area (Å²) in [7, 11) is 0. The Morgan fingerprint density at radius 3 is 1.59 bits per heavy atom. The Labute approximate surface area is 340 Å². The molecule has 4 aliphatic heterocycles. The highest BCUT2D eigenvalue weighted by atomic mass is 16.6. The SMILES string of the molecule is Cc1c(C)c([N+](=O)[O-])c(C)c2c1OC(C)(CN1CCc3c([nH]c4ccccc34)C1)C2.Cc1c(C)c2c(c(C)c1N)CC(C)(CN1CCc3c([nH]c4ccccc34)C1)O2. The average molecular weight is 781 g/mol. The summed E-state index contributed by atoms with van der Waals surface area (Å²) in [6.45, 7) is 22.0. The molecule has 2 unspecified atom stereocenters. The number of ether oxygens (including phenoxy) is 2. The van der Waals surface area contributed by atoms with E-state index >= 15 is 0 Å². The van der Waals surface area contributed by atoms with Gasteiger partial charge < -0.3 is 25.2 Å². The number of nitro groups is 1. The van der Waals surface area contributed by atoms with Crippen LogP contribution in [0.5, 0.6) is 11.5 Å². The Hall–Kier alpha value is -5.32. The lowest BCUT2D eigenvalue weighted by Crippen LogP contribution is -2.46. The van der Waals surface area contributed by atoms with Gasteiger partial charge in [-0.05, 0) is 108 Å². The van der Waals surface area contributed by atoms with Crippen LogP contribution in [0.15, 0.2) is 48.5 Å². The van der Waals surface area contributed by atoms with Gasteiger partial charge in [-0.15, -0.1) is 0 Å². The molecule has 0 saturated heterocycles. The number of nitrogens with one attached hydrogen (secondary N) is 2. The van der Waals surface area contributed by atoms with Crippen LogP contribution in [0.1, 0.15) is 80.9 Å². The van der Waals surface area contributed by atoms with E-state index in [1.54, 1.807) is 0 Å². The molecule has 10 rings (SSSR count). The van der Waals surface area contributed by atoms with Crippen molar-refractivity contribution in [1.29, 1.82) is 0 Å². The van der Waals surface area contributed by atoms with Gasteiger partial charge in [0.2, 0.25) is 0 Å². The Kier molecular flexibility index (Phi) is 9.17. The fourth-order valence-electron chi connectivity index (χ4n) is 10.6. The van der Waals surface area contributed by atoms with Gasteiger partial charge in [0.1, 0.15) is 22.7 Å². The van der Waals surface area contributed by atoms with Crippen LogP contribution < -0.4 is 15.2 Å². The number of H-pyrrole nitrogens is 2. The number of aromatic nitrogens is 2. The van der Waals surface area contributed by atoms with E-state index in [0.29, 0.717) is 12.0 Å². The van der Waals surface area contributed by atoms with Crippen LogP contribution in [0.4, 0.5) is 11.4 Å². The van der Waals surface area contributed by atoms with Crippen LogP contribution in [-0.2, 0) is 38.8 Å². The molecule has 0 amide bonds. The molecule has 0 bridgehead atoms. The fourth-order valence-corrected chi connectivity index (χ4v) is 10.6. The standard InChI is InChI=1S/C24H27N3O3.C24H29N3O/c1-14-15(2)23-19(16(3)22(14)27(28)29)11-24(4,30-23)13-26-10-9-18-17-7-5-6-8-20(17)25-21(18)12-26;1-14-15(2)23-19(16(3)22(14)25)11-24(4,28-23)13-27-10-9-18-17-7-5-6-8-20(17)26-21(18)12-27/h5-8,25H,9-13H2,1-4H3;5-8,26H,9-13,25H2,1-4H3. The number of hydrogen-bond acceptors (Lipinski definition) is 7. The average Bonchev–Trinajstić information content (AvgIpc) is 3.95. The van der Waals surface area contributed by atoms with E-state index in [4.69, 9.17) is 15.2 Å². The van der Waals surface area contributed by atoms with Crippen molar-refractivity contribution in [2.45, 2.75) is 105 Å². The van der Waals surface area contributed by atoms with Crippen LogP contribution >= 0.6 is 0 Å². The van der Waals surface area contributed by atoms with Gasteiger partial charge in [0.15, 0.2) is 0 Å². The normalized spacial score (nSPS) is 21.2. The van der Waals surface area contributed by atoms with Crippen LogP contribution in [0.3, 0.4) is 0 Å². The first-order valence-corrected chi connectivity index (χ1v) is 20.8. The summed E-state index contributed by atoms with van der Waals surface area (Å²) in [4.78, 5) is 23.6. The summed E-state index contributed by atoms with van der Waals surface area (Å²) in [5.41, 5.74) is 23.1. The summed E-state index contributed by atoms with van der Waals surface area (Å²) in [5.74, 6) is 1.91. The second kappa shape index (κ2) is 13.9. The Bertz CT molecular complexity index is 2620. The molecular weight excluding hydrogens is 725 g/mol. The van der Waals surface area contributed by atoms with Crippen molar-refractivity contribution in [3.63, 3.8) is 0 Å². The van der Waals surface area contributed by atoms with E-state index in [1.807, 2.05) is 20.8 Å². The van der Waals surface area contributed by atoms with Gasteiger partial charge in [-0.3, -0.25) is 19.9 Å². The van der Waals surface area contributed by atoms with Crippen molar-refractivity contribution < 1.29 is 14.4 Å². The Morgan fingerprint density at radius 1 is 0.655 bits per heavy atom. The monoisotopic (exact) mass is 780 g/mol. The summed E-state index contributed by atoms with van der Waals surface area (Å²) in [6.07, 6.45) is 3.74. The van der Waals surface area contributed by atoms with Crippen LogP contribution in [-0.4, -0.2) is 62.1 Å². The number of fused-ring (bicyclic) bond motifs is 8. The Balaban J connectivity index is 0.000000151. The van der Waals surface area contributed by atoms with Crippen molar-refractivity contribution in [3.05, 3.63) is 126 Å². The summed E-state index contributed by atoms with van der Waals surface area (Å²) >= 11 is 0. The molecule has 10 heteroatoms. The number of nitro benzene ring substituents is 1. The largest absolute Gasteiger partial charge is 0.485 e. The predicted molar refractivity (Wildman–Crippen MR) is 232 cm³/mol. The number of para-hydroxylation sites is 2. The number of rotatable bonds is 5. The molecule has 0 saturated carbocycles. The predicted octanol–water partition coefficient (Wildman–Crippen LogP) is 9.18. The molecular formula is C48H56N6O4. The van der Waals surface area contributed by atoms with Gasteiger partial charge in [0.25, 0.3) is 5.69 Å². The van der Waals surface area contributed by atoms with Gasteiger partial charge in [0, 0.05) is 119 Å². The van der Waals surface area contributed by atoms with E-state index in [0.717, 1.165) is 98.0 Å². The number of benzene rings is 4. The van der Waals surface area contributed by atoms with Gasteiger partial charge in [-0.2, -0.15) is 0 Å². The highest BCUT2D eigenvalue weighted by Gasteiger charge is 2.42. The number of nitrogens with two attached hydrogens (primary N) is 1. The first-order valence-electron chi connectivity index (χ1n) is 20.8. The summed E-state index contributed by atoms with van der Waals surface area (Å²) < 4.78 is 13.1. The number of nitrogen functional groups attached to an aromatic ring is 1. The number of aromatic amines is 2. The first kappa shape index (κ1) is 38.2. The third-order valence-electron chi connectivity index (χ3n) is 13.8. The van der Waals surface area contributed by atoms with Crippen molar-refractivity contribution >= 4 is 33.2 Å². The van der Waals surface area contributed by atoms with Crippen LogP contribution in [0.25, 0.3) is 21.8 Å². The van der Waals surface area contributed by atoms with Crippen molar-refractivity contribution in [3.8, 4) is 11.5 Å². The van der Waals surface area contributed by atoms with E-state index in [9.17, 15) is 10.1 Å². The topological polar surface area (TPSA) is 126 Å². The van der Waals surface area contributed by atoms with Crippen molar-refractivity contribution in [2.24, 2.45) is 0 Å². The van der Waals surface area contributed by atoms with Crippen LogP contribution in [0, 0.1) is 51.7 Å². The zero-order chi connectivity index (χ0) is 40.8. The molecule has 6 heterocycles. The molecule has 0 fully saturated rings. The third kappa shape index (κ3) is 6.32. The lowest BCUT2D eigenvalue weighted by Gasteiger charge is -2.34. The van der Waals surface area contributed by atoms with Gasteiger partial charge >= 0.3 is 0 Å². The maximum atomic E-state index is 11.6. The minimum atomic E-state index is -0.386. The Morgan fingerprint density at radius 2 is 1.10 bits per heavy atom. The summed E-state index contributed by atoms with van der Waals surface area (Å²) in [6, 6.07) is 17.1. The van der Waals surface area contributed by atoms with Crippen LogP contribution in [0.2, 0.25) is 0 Å². The van der Waals surface area contributed by atoms with E-state index in [-0.39, 0.29) is 21.8 Å². The molecule has 0 aliphatic carbocycles. The molecule has 6 aromatic rings. The van der Waals surface area contributed by atoms with E-state index < -0.39 is 0 Å². The van der Waals surface area contributed by atoms with Gasteiger partial charge in [-0.1, -0.05) is 36.4 Å². The first-order chi connectivity index (χ1) is 27.6. The van der Waals surface area contributed by atoms with Crippen molar-refractivity contribution in [2.75, 3.05) is 31.9 Å². The maximum Gasteiger partial charge on any atom is 0.275 e. The lowest BCUT2D eigenvalue weighted by molar-refractivity contribution is -0.386. The summed E-state index contributed by atoms with van der Waals surface area (Å²) in [5, 5.41) is 14.3. The van der Waals surface area contributed by atoms with E-state index in [1.165, 1.54) is 61.0 Å². The van der Waals surface area contributed by atoms with Gasteiger partial charge in [0.05, 0.1) is 4.92 Å². The second-order valence-corrected chi connectivity index (χ2v) is 18.0. The number of anilines is 1. The van der Waals surface area contributed by atoms with E-state index in [2.05, 4.69) is 103 Å². The molecule has 0 spiro atoms. The second-order valence-electron chi connectivity index (χ2n) is 18.0. The molecule has 58 heavy (non-hydrogen) atoms. The lowest BCUT2D eigenvalue weighted by atomic mass is 9.91. The number of nitrogens with zero attached hydrogens (tertiary/aromatic N) is 3. The maximum absolute atomic E-state index is 11.6. The molecule has 4 N–H and O–H groups in total. The van der Waals surface area contributed by atoms with Crippen molar-refractivity contribution in [1.82, 2.24) is 19.8 Å². The quantitative estimate of drug-likeness (QED) is 0.0905. The third-order valence-corrected chi connectivity index (χ3v) is 13.8. The molecule has 10 nitrogen and oxygen atoms in total. The zero-order valence-electron chi connectivity index (χ0n) is 35.2. The highest BCUT2D eigenvalue weighted by Crippen LogP contribution is 2.47. The molecule has 302 valence electrons. The molecule has 4 aliphatic rings. The molecule has 2 aromatic heterocycles. The van der Waals surface area contributed by atoms with Gasteiger partial charge in [-0.25, -0.2) is 0 Å². The zero-order valence-corrected chi connectivity index (χ0v) is 35.2. The molecule has 0 radical (unpaired) electrons. The number of hydrogen-bond donors (Lipinski definition) is 3. The molecule has 2 atom stereocenters. The minimum Gasteiger partial charge on any atom is -0.485 e. The minimum absolute atomic E-state index is 0.207.